The number of nitrogens with two attached hydrogens (primary N) is 1. The van der Waals surface area contributed by atoms with Gasteiger partial charge in [0, 0.05) is 12.5 Å². The van der Waals surface area contributed by atoms with E-state index in [1.165, 1.54) is 0 Å². The average molecular weight is 257 g/mol. The van der Waals surface area contributed by atoms with Crippen LogP contribution in [0.1, 0.15) is 25.0 Å². The normalized spacial score (nSPS) is 23.9. The van der Waals surface area contributed by atoms with Crippen LogP contribution in [-0.2, 0) is 0 Å². The van der Waals surface area contributed by atoms with Gasteiger partial charge in [-0.25, -0.2) is 4.98 Å². The number of halogens is 1. The summed E-state index contributed by atoms with van der Waals surface area (Å²) in [5.41, 5.74) is 7.04. The minimum Gasteiger partial charge on any atom is -0.394 e. The number of nitrogens with one attached hydrogen (secondary N) is 1. The monoisotopic (exact) mass is 256 g/mol. The van der Waals surface area contributed by atoms with Crippen molar-refractivity contribution < 1.29 is 5.11 Å². The Bertz CT molecular complexity index is 413. The maximum absolute atomic E-state index is 9.72. The van der Waals surface area contributed by atoms with Crippen LogP contribution in [0.2, 0.25) is 5.28 Å². The van der Waals surface area contributed by atoms with Crippen molar-refractivity contribution >= 4 is 23.1 Å². The first-order valence-corrected chi connectivity index (χ1v) is 6.17. The SMILES string of the molecule is Cc1nc(Cl)nc(NCC2CCCC2O)c1N. The molecule has 1 aromatic heterocycles. The molecule has 2 rings (SSSR count). The standard InChI is InChI=1S/C11H17ClN4O/c1-6-9(13)10(16-11(12)15-6)14-5-7-3-2-4-8(7)17/h7-8,17H,2-5,13H2,1H3,(H,14,15,16). The molecule has 94 valence electrons. The lowest BCUT2D eigenvalue weighted by Crippen LogP contribution is -2.23. The maximum atomic E-state index is 9.72. The second kappa shape index (κ2) is 5.06. The third-order valence-electron chi connectivity index (χ3n) is 3.26. The zero-order valence-corrected chi connectivity index (χ0v) is 10.5. The Balaban J connectivity index is 2.03. The summed E-state index contributed by atoms with van der Waals surface area (Å²) in [6.45, 7) is 2.45. The van der Waals surface area contributed by atoms with Gasteiger partial charge >= 0.3 is 0 Å². The van der Waals surface area contributed by atoms with E-state index >= 15 is 0 Å². The Morgan fingerprint density at radius 3 is 2.88 bits per heavy atom. The first kappa shape index (κ1) is 12.4. The van der Waals surface area contributed by atoms with Crippen molar-refractivity contribution in [2.45, 2.75) is 32.3 Å². The number of aliphatic hydroxyl groups is 1. The van der Waals surface area contributed by atoms with Gasteiger partial charge in [0.15, 0.2) is 5.82 Å². The molecule has 2 atom stereocenters. The Kier molecular flexibility index (Phi) is 3.69. The van der Waals surface area contributed by atoms with Gasteiger partial charge in [-0.15, -0.1) is 0 Å². The fourth-order valence-corrected chi connectivity index (χ4v) is 2.38. The summed E-state index contributed by atoms with van der Waals surface area (Å²) in [4.78, 5) is 8.02. The summed E-state index contributed by atoms with van der Waals surface area (Å²) in [5.74, 6) is 0.824. The molecule has 1 aliphatic rings. The quantitative estimate of drug-likeness (QED) is 0.716. The molecule has 0 aromatic carbocycles. The molecular formula is C11H17ClN4O. The fraction of sp³-hybridized carbons (Fsp3) is 0.636. The van der Waals surface area contributed by atoms with E-state index in [9.17, 15) is 5.11 Å². The predicted octanol–water partition coefficient (Wildman–Crippen LogP) is 1.59. The molecule has 6 heteroatoms. The first-order chi connectivity index (χ1) is 8.08. The summed E-state index contributed by atoms with van der Waals surface area (Å²) < 4.78 is 0. The van der Waals surface area contributed by atoms with E-state index in [0.29, 0.717) is 23.7 Å². The van der Waals surface area contributed by atoms with Gasteiger partial charge in [-0.2, -0.15) is 4.98 Å². The number of nitrogen functional groups attached to an aromatic ring is 1. The van der Waals surface area contributed by atoms with Crippen LogP contribution in [-0.4, -0.2) is 27.7 Å². The summed E-state index contributed by atoms with van der Waals surface area (Å²) in [6, 6.07) is 0. The highest BCUT2D eigenvalue weighted by molar-refractivity contribution is 6.28. The number of aromatic nitrogens is 2. The van der Waals surface area contributed by atoms with Gasteiger partial charge in [-0.1, -0.05) is 6.42 Å². The number of aryl methyl sites for hydroxylation is 1. The lowest BCUT2D eigenvalue weighted by molar-refractivity contribution is 0.138. The van der Waals surface area contributed by atoms with Crippen molar-refractivity contribution in [2.24, 2.45) is 5.92 Å². The molecule has 1 fully saturated rings. The molecule has 17 heavy (non-hydrogen) atoms. The molecule has 0 radical (unpaired) electrons. The third-order valence-corrected chi connectivity index (χ3v) is 3.43. The second-order valence-corrected chi connectivity index (χ2v) is 4.82. The van der Waals surface area contributed by atoms with Crippen molar-refractivity contribution in [1.29, 1.82) is 0 Å². The molecule has 2 unspecified atom stereocenters. The minimum atomic E-state index is -0.220. The van der Waals surface area contributed by atoms with E-state index in [-0.39, 0.29) is 17.3 Å². The number of aliphatic hydroxyl groups excluding tert-OH is 1. The fourth-order valence-electron chi connectivity index (χ4n) is 2.17. The average Bonchev–Trinajstić information content (AvgIpc) is 2.67. The molecule has 0 bridgehead atoms. The largest absolute Gasteiger partial charge is 0.394 e. The third kappa shape index (κ3) is 2.79. The van der Waals surface area contributed by atoms with Crippen LogP contribution in [0.3, 0.4) is 0 Å². The number of nitrogens with zero attached hydrogens (tertiary/aromatic N) is 2. The molecule has 0 aliphatic heterocycles. The van der Waals surface area contributed by atoms with Gasteiger partial charge in [-0.05, 0) is 31.4 Å². The van der Waals surface area contributed by atoms with Crippen LogP contribution in [0.4, 0.5) is 11.5 Å². The molecule has 4 N–H and O–H groups in total. The van der Waals surface area contributed by atoms with Crippen molar-refractivity contribution in [2.75, 3.05) is 17.6 Å². The first-order valence-electron chi connectivity index (χ1n) is 5.79. The van der Waals surface area contributed by atoms with Crippen LogP contribution >= 0.6 is 11.6 Å². The van der Waals surface area contributed by atoms with Crippen LogP contribution in [0.25, 0.3) is 0 Å². The molecular weight excluding hydrogens is 240 g/mol. The topological polar surface area (TPSA) is 84.1 Å². The molecule has 0 spiro atoms. The zero-order valence-electron chi connectivity index (χ0n) is 9.78. The summed E-state index contributed by atoms with van der Waals surface area (Å²) in [5, 5.41) is 13.0. The Morgan fingerprint density at radius 1 is 1.47 bits per heavy atom. The van der Waals surface area contributed by atoms with Gasteiger partial charge in [-0.3, -0.25) is 0 Å². The molecule has 1 aromatic rings. The number of anilines is 2. The predicted molar refractivity (Wildman–Crippen MR) is 68.0 cm³/mol. The van der Waals surface area contributed by atoms with Gasteiger partial charge in [0.05, 0.1) is 17.5 Å². The highest BCUT2D eigenvalue weighted by Gasteiger charge is 2.25. The van der Waals surface area contributed by atoms with E-state index in [1.54, 1.807) is 6.92 Å². The van der Waals surface area contributed by atoms with Crippen LogP contribution < -0.4 is 11.1 Å². The van der Waals surface area contributed by atoms with Crippen LogP contribution in [0, 0.1) is 12.8 Å². The lowest BCUT2D eigenvalue weighted by Gasteiger charge is -2.16. The summed E-state index contributed by atoms with van der Waals surface area (Å²) in [6.07, 6.45) is 2.77. The van der Waals surface area contributed by atoms with E-state index < -0.39 is 0 Å². The molecule has 1 saturated carbocycles. The zero-order chi connectivity index (χ0) is 12.4. The highest BCUT2D eigenvalue weighted by Crippen LogP contribution is 2.27. The highest BCUT2D eigenvalue weighted by atomic mass is 35.5. The smallest absolute Gasteiger partial charge is 0.224 e. The van der Waals surface area contributed by atoms with Gasteiger partial charge in [0.25, 0.3) is 0 Å². The van der Waals surface area contributed by atoms with E-state index in [4.69, 9.17) is 17.3 Å². The van der Waals surface area contributed by atoms with Crippen LogP contribution in [0.5, 0.6) is 0 Å². The van der Waals surface area contributed by atoms with E-state index in [0.717, 1.165) is 19.3 Å². The summed E-state index contributed by atoms with van der Waals surface area (Å²) in [7, 11) is 0. The Morgan fingerprint density at radius 2 is 2.24 bits per heavy atom. The maximum Gasteiger partial charge on any atom is 0.224 e. The van der Waals surface area contributed by atoms with Crippen molar-refractivity contribution in [1.82, 2.24) is 9.97 Å². The molecule has 0 saturated heterocycles. The van der Waals surface area contributed by atoms with E-state index in [1.807, 2.05) is 0 Å². The van der Waals surface area contributed by atoms with Crippen molar-refractivity contribution in [3.8, 4) is 0 Å². The molecule has 5 nitrogen and oxygen atoms in total. The molecule has 1 aliphatic carbocycles. The lowest BCUT2D eigenvalue weighted by atomic mass is 10.1. The molecule has 0 amide bonds. The number of rotatable bonds is 3. The van der Waals surface area contributed by atoms with Gasteiger partial charge in [0.2, 0.25) is 5.28 Å². The molecule has 1 heterocycles. The van der Waals surface area contributed by atoms with E-state index in [2.05, 4.69) is 15.3 Å². The Hall–Kier alpha value is -1.07. The number of hydrogen-bond donors (Lipinski definition) is 3. The van der Waals surface area contributed by atoms with Gasteiger partial charge < -0.3 is 16.2 Å². The minimum absolute atomic E-state index is 0.186. The second-order valence-electron chi connectivity index (χ2n) is 4.48. The van der Waals surface area contributed by atoms with Crippen molar-refractivity contribution in [3.05, 3.63) is 11.0 Å². The Labute approximate surface area is 105 Å². The summed E-state index contributed by atoms with van der Waals surface area (Å²) >= 11 is 5.78. The number of hydrogen-bond acceptors (Lipinski definition) is 5. The van der Waals surface area contributed by atoms with Gasteiger partial charge in [0.1, 0.15) is 0 Å². The van der Waals surface area contributed by atoms with Crippen molar-refractivity contribution in [3.63, 3.8) is 0 Å². The van der Waals surface area contributed by atoms with Crippen LogP contribution in [0.15, 0.2) is 0 Å².